The highest BCUT2D eigenvalue weighted by Crippen LogP contribution is 2.37. The van der Waals surface area contributed by atoms with E-state index in [0.717, 1.165) is 5.56 Å². The zero-order valence-corrected chi connectivity index (χ0v) is 12.3. The molecule has 1 atom stereocenters. The summed E-state index contributed by atoms with van der Waals surface area (Å²) in [5.41, 5.74) is 8.59. The minimum absolute atomic E-state index is 0.192. The molecular weight excluding hydrogens is 282 g/mol. The maximum Gasteiger partial charge on any atom is 0.255 e. The van der Waals surface area contributed by atoms with Crippen molar-refractivity contribution in [3.63, 3.8) is 0 Å². The maximum absolute atomic E-state index is 12.4. The average Bonchev–Trinajstić information content (AvgIpc) is 2.54. The number of fused-ring (bicyclic) bond motifs is 1. The van der Waals surface area contributed by atoms with Crippen LogP contribution in [-0.4, -0.2) is 20.1 Å². The number of amides is 1. The fourth-order valence-electron chi connectivity index (χ4n) is 2.52. The average molecular weight is 299 g/mol. The number of benzene rings is 2. The van der Waals surface area contributed by atoms with Crippen molar-refractivity contribution in [2.45, 2.75) is 6.17 Å². The van der Waals surface area contributed by atoms with Crippen molar-refractivity contribution in [2.24, 2.45) is 0 Å². The Hall–Kier alpha value is -2.89. The number of carbonyl (C=O) groups is 1. The van der Waals surface area contributed by atoms with Crippen molar-refractivity contribution in [1.82, 2.24) is 5.32 Å². The van der Waals surface area contributed by atoms with E-state index in [-0.39, 0.29) is 12.1 Å². The molecule has 0 aliphatic carbocycles. The van der Waals surface area contributed by atoms with Gasteiger partial charge < -0.3 is 25.8 Å². The molecular formula is C16H17N3O3. The van der Waals surface area contributed by atoms with E-state index in [1.165, 1.54) is 7.11 Å². The van der Waals surface area contributed by atoms with Gasteiger partial charge in [-0.15, -0.1) is 0 Å². The fraction of sp³-hybridized carbons (Fsp3) is 0.188. The summed E-state index contributed by atoms with van der Waals surface area (Å²) in [4.78, 5) is 12.4. The SMILES string of the molecule is COc1cc2c(cc1OC)C(=O)NC(c1ccccc1N)N2. The second-order valence-electron chi connectivity index (χ2n) is 4.93. The van der Waals surface area contributed by atoms with Crippen molar-refractivity contribution in [3.8, 4) is 11.5 Å². The van der Waals surface area contributed by atoms with Crippen LogP contribution in [0, 0.1) is 0 Å². The standard InChI is InChI=1S/C16H17N3O3/c1-21-13-7-10-12(8-14(13)22-2)18-15(19-16(10)20)9-5-3-4-6-11(9)17/h3-8,15,18H,17H2,1-2H3,(H,19,20). The lowest BCUT2D eigenvalue weighted by atomic mass is 10.0. The number of nitrogen functional groups attached to an aromatic ring is 1. The van der Waals surface area contributed by atoms with Gasteiger partial charge in [-0.25, -0.2) is 0 Å². The molecule has 0 saturated carbocycles. The maximum atomic E-state index is 12.4. The summed E-state index contributed by atoms with van der Waals surface area (Å²) in [6, 6.07) is 10.8. The minimum Gasteiger partial charge on any atom is -0.493 e. The molecule has 2 aromatic carbocycles. The van der Waals surface area contributed by atoms with Crippen LogP contribution in [-0.2, 0) is 0 Å². The number of methoxy groups -OCH3 is 2. The predicted molar refractivity (Wildman–Crippen MR) is 84.2 cm³/mol. The minimum atomic E-state index is -0.390. The summed E-state index contributed by atoms with van der Waals surface area (Å²) in [5, 5.41) is 6.16. The Bertz CT molecular complexity index is 731. The molecule has 3 rings (SSSR count). The van der Waals surface area contributed by atoms with Gasteiger partial charge in [-0.1, -0.05) is 18.2 Å². The van der Waals surface area contributed by atoms with E-state index in [1.807, 2.05) is 18.2 Å². The number of para-hydroxylation sites is 1. The Morgan fingerprint density at radius 1 is 1.05 bits per heavy atom. The lowest BCUT2D eigenvalue weighted by Crippen LogP contribution is -2.38. The smallest absolute Gasteiger partial charge is 0.255 e. The molecule has 1 amide bonds. The molecule has 1 unspecified atom stereocenters. The van der Waals surface area contributed by atoms with Gasteiger partial charge in [-0.05, 0) is 12.1 Å². The Morgan fingerprint density at radius 3 is 2.41 bits per heavy atom. The van der Waals surface area contributed by atoms with Gasteiger partial charge in [0.25, 0.3) is 5.91 Å². The van der Waals surface area contributed by atoms with Crippen LogP contribution in [0.25, 0.3) is 0 Å². The van der Waals surface area contributed by atoms with Gasteiger partial charge >= 0.3 is 0 Å². The highest BCUT2D eigenvalue weighted by Gasteiger charge is 2.27. The second-order valence-corrected chi connectivity index (χ2v) is 4.93. The molecule has 6 nitrogen and oxygen atoms in total. The third-order valence-corrected chi connectivity index (χ3v) is 3.65. The number of nitrogens with one attached hydrogen (secondary N) is 2. The van der Waals surface area contributed by atoms with Crippen LogP contribution in [0.3, 0.4) is 0 Å². The van der Waals surface area contributed by atoms with Crippen molar-refractivity contribution < 1.29 is 14.3 Å². The summed E-state index contributed by atoms with van der Waals surface area (Å²) in [6.45, 7) is 0. The third-order valence-electron chi connectivity index (χ3n) is 3.65. The normalized spacial score (nSPS) is 16.3. The van der Waals surface area contributed by atoms with E-state index < -0.39 is 0 Å². The molecule has 0 fully saturated rings. The molecule has 114 valence electrons. The highest BCUT2D eigenvalue weighted by atomic mass is 16.5. The fourth-order valence-corrected chi connectivity index (χ4v) is 2.52. The summed E-state index contributed by atoms with van der Waals surface area (Å²) in [5.74, 6) is 0.877. The van der Waals surface area contributed by atoms with E-state index in [4.69, 9.17) is 15.2 Å². The zero-order valence-electron chi connectivity index (χ0n) is 12.3. The van der Waals surface area contributed by atoms with Crippen molar-refractivity contribution >= 4 is 17.3 Å². The molecule has 0 bridgehead atoms. The summed E-state index contributed by atoms with van der Waals surface area (Å²) in [6.07, 6.45) is -0.390. The van der Waals surface area contributed by atoms with Crippen molar-refractivity contribution in [3.05, 3.63) is 47.5 Å². The van der Waals surface area contributed by atoms with Crippen molar-refractivity contribution in [2.75, 3.05) is 25.3 Å². The quantitative estimate of drug-likeness (QED) is 0.756. The van der Waals surface area contributed by atoms with Gasteiger partial charge in [0.1, 0.15) is 6.17 Å². The first-order chi connectivity index (χ1) is 10.6. The van der Waals surface area contributed by atoms with Gasteiger partial charge in [0.15, 0.2) is 11.5 Å². The number of carbonyl (C=O) groups excluding carboxylic acids is 1. The van der Waals surface area contributed by atoms with Gasteiger partial charge in [0, 0.05) is 17.3 Å². The lowest BCUT2D eigenvalue weighted by molar-refractivity contribution is 0.0935. The summed E-state index contributed by atoms with van der Waals surface area (Å²) >= 11 is 0. The number of anilines is 2. The molecule has 1 aliphatic rings. The Balaban J connectivity index is 2.02. The molecule has 0 radical (unpaired) electrons. The van der Waals surface area contributed by atoms with Crippen LogP contribution in [0.15, 0.2) is 36.4 Å². The van der Waals surface area contributed by atoms with Gasteiger partial charge in [0.05, 0.1) is 25.5 Å². The van der Waals surface area contributed by atoms with Crippen LogP contribution in [0.1, 0.15) is 22.1 Å². The molecule has 2 aromatic rings. The van der Waals surface area contributed by atoms with E-state index in [1.54, 1.807) is 25.3 Å². The van der Waals surface area contributed by atoms with Gasteiger partial charge in [-0.2, -0.15) is 0 Å². The highest BCUT2D eigenvalue weighted by molar-refractivity contribution is 6.02. The van der Waals surface area contributed by atoms with Gasteiger partial charge in [-0.3, -0.25) is 4.79 Å². The van der Waals surface area contributed by atoms with Crippen molar-refractivity contribution in [1.29, 1.82) is 0 Å². The topological polar surface area (TPSA) is 85.6 Å². The molecule has 0 aromatic heterocycles. The van der Waals surface area contributed by atoms with Crippen LogP contribution < -0.4 is 25.8 Å². The van der Waals surface area contributed by atoms with Crippen LogP contribution >= 0.6 is 0 Å². The summed E-state index contributed by atoms with van der Waals surface area (Å²) < 4.78 is 10.5. The predicted octanol–water partition coefficient (Wildman–Crippen LogP) is 2.14. The van der Waals surface area contributed by atoms with E-state index in [2.05, 4.69) is 10.6 Å². The number of nitrogens with two attached hydrogens (primary N) is 1. The number of ether oxygens (including phenoxy) is 2. The Kier molecular flexibility index (Phi) is 3.50. The van der Waals surface area contributed by atoms with E-state index in [0.29, 0.717) is 28.4 Å². The van der Waals surface area contributed by atoms with Crippen LogP contribution in [0.5, 0.6) is 11.5 Å². The zero-order chi connectivity index (χ0) is 15.7. The third kappa shape index (κ3) is 2.28. The van der Waals surface area contributed by atoms with E-state index in [9.17, 15) is 4.79 Å². The molecule has 1 aliphatic heterocycles. The number of hydrogen-bond donors (Lipinski definition) is 3. The number of hydrogen-bond acceptors (Lipinski definition) is 5. The molecule has 0 saturated heterocycles. The lowest BCUT2D eigenvalue weighted by Gasteiger charge is -2.29. The second kappa shape index (κ2) is 5.48. The number of rotatable bonds is 3. The first-order valence-corrected chi connectivity index (χ1v) is 6.82. The Morgan fingerprint density at radius 2 is 1.73 bits per heavy atom. The molecule has 4 N–H and O–H groups in total. The van der Waals surface area contributed by atoms with E-state index >= 15 is 0 Å². The molecule has 6 heteroatoms. The summed E-state index contributed by atoms with van der Waals surface area (Å²) in [7, 11) is 3.09. The Labute approximate surface area is 128 Å². The van der Waals surface area contributed by atoms with Crippen LogP contribution in [0.2, 0.25) is 0 Å². The molecule has 0 spiro atoms. The first-order valence-electron chi connectivity index (χ1n) is 6.82. The molecule has 1 heterocycles. The van der Waals surface area contributed by atoms with Gasteiger partial charge in [0.2, 0.25) is 0 Å². The first kappa shape index (κ1) is 14.1. The van der Waals surface area contributed by atoms with Crippen LogP contribution in [0.4, 0.5) is 11.4 Å². The molecule has 22 heavy (non-hydrogen) atoms. The largest absolute Gasteiger partial charge is 0.493 e. The monoisotopic (exact) mass is 299 g/mol.